The lowest BCUT2D eigenvalue weighted by Gasteiger charge is -2.09. The van der Waals surface area contributed by atoms with Gasteiger partial charge in [-0.3, -0.25) is 4.79 Å². The van der Waals surface area contributed by atoms with E-state index in [1.807, 2.05) is 0 Å². The minimum absolute atomic E-state index is 0.0185. The maximum absolute atomic E-state index is 11.9. The van der Waals surface area contributed by atoms with Crippen molar-refractivity contribution in [3.63, 3.8) is 0 Å². The molecule has 1 aromatic rings. The molecule has 1 atom stereocenters. The van der Waals surface area contributed by atoms with E-state index in [0.29, 0.717) is 16.3 Å². The Balaban J connectivity index is 2.11. The fraction of sp³-hybridized carbons (Fsp3) is 0.385. The molecule has 0 heterocycles. The van der Waals surface area contributed by atoms with Crippen LogP contribution in [0.1, 0.15) is 25.8 Å². The quantitative estimate of drug-likeness (QED) is 0.838. The summed E-state index contributed by atoms with van der Waals surface area (Å²) >= 11 is 10.9. The topological polar surface area (TPSA) is 55.1 Å². The number of thiocarbonyl (C=S) groups is 1. The van der Waals surface area contributed by atoms with Gasteiger partial charge in [0.25, 0.3) is 0 Å². The first-order valence-electron chi connectivity index (χ1n) is 5.71. The minimum Gasteiger partial charge on any atom is -0.389 e. The van der Waals surface area contributed by atoms with E-state index in [2.05, 4.69) is 19.2 Å². The highest BCUT2D eigenvalue weighted by Crippen LogP contribution is 2.52. The first kappa shape index (κ1) is 13.3. The molecule has 1 saturated carbocycles. The second kappa shape index (κ2) is 4.52. The predicted molar refractivity (Wildman–Crippen MR) is 77.9 cm³/mol. The van der Waals surface area contributed by atoms with Crippen molar-refractivity contribution in [1.29, 1.82) is 0 Å². The molecule has 96 valence electrons. The molecule has 3 nitrogen and oxygen atoms in total. The Labute approximate surface area is 117 Å². The van der Waals surface area contributed by atoms with E-state index in [0.717, 1.165) is 6.42 Å². The molecule has 1 aliphatic carbocycles. The van der Waals surface area contributed by atoms with Gasteiger partial charge in [-0.1, -0.05) is 37.7 Å². The van der Waals surface area contributed by atoms with Crippen LogP contribution in [-0.2, 0) is 4.79 Å². The number of nitrogens with one attached hydrogen (secondary N) is 1. The molecule has 0 bridgehead atoms. The van der Waals surface area contributed by atoms with Crippen LogP contribution in [0.25, 0.3) is 0 Å². The van der Waals surface area contributed by atoms with E-state index in [4.69, 9.17) is 29.6 Å². The van der Waals surface area contributed by atoms with Crippen LogP contribution < -0.4 is 11.1 Å². The van der Waals surface area contributed by atoms with Crippen LogP contribution in [0.15, 0.2) is 18.2 Å². The van der Waals surface area contributed by atoms with Crippen molar-refractivity contribution >= 4 is 40.4 Å². The number of anilines is 1. The summed E-state index contributed by atoms with van der Waals surface area (Å²) in [4.78, 5) is 12.2. The molecular weight excluding hydrogens is 268 g/mol. The van der Waals surface area contributed by atoms with E-state index in [1.165, 1.54) is 0 Å². The zero-order valence-corrected chi connectivity index (χ0v) is 11.9. The monoisotopic (exact) mass is 282 g/mol. The first-order valence-corrected chi connectivity index (χ1v) is 6.50. The van der Waals surface area contributed by atoms with Crippen molar-refractivity contribution in [1.82, 2.24) is 0 Å². The molecular formula is C13H15ClN2OS. The van der Waals surface area contributed by atoms with Crippen molar-refractivity contribution in [3.8, 4) is 0 Å². The maximum atomic E-state index is 11.9. The number of nitrogens with two attached hydrogens (primary N) is 1. The number of hydrogen-bond donors (Lipinski definition) is 2. The van der Waals surface area contributed by atoms with E-state index in [9.17, 15) is 4.79 Å². The fourth-order valence-electron chi connectivity index (χ4n) is 1.90. The van der Waals surface area contributed by atoms with E-state index >= 15 is 0 Å². The molecule has 0 spiro atoms. The normalized spacial score (nSPS) is 20.3. The standard InChI is InChI=1S/C13H15ClN2OS/c1-13(2)6-8(13)12(17)16-10-4-3-7(11(15)18)5-9(10)14/h3-5,8H,6H2,1-2H3,(H2,15,18)(H,16,17). The van der Waals surface area contributed by atoms with Gasteiger partial charge in [0.1, 0.15) is 4.99 Å². The van der Waals surface area contributed by atoms with Gasteiger partial charge in [-0.15, -0.1) is 0 Å². The first-order chi connectivity index (χ1) is 8.31. The minimum atomic E-state index is 0.0185. The van der Waals surface area contributed by atoms with Crippen LogP contribution in [0.2, 0.25) is 5.02 Å². The molecule has 0 aromatic heterocycles. The predicted octanol–water partition coefficient (Wildman–Crippen LogP) is 2.96. The Morgan fingerprint density at radius 2 is 2.17 bits per heavy atom. The van der Waals surface area contributed by atoms with Crippen LogP contribution in [0.5, 0.6) is 0 Å². The van der Waals surface area contributed by atoms with Crippen molar-refractivity contribution in [3.05, 3.63) is 28.8 Å². The largest absolute Gasteiger partial charge is 0.389 e. The number of hydrogen-bond acceptors (Lipinski definition) is 2. The molecule has 1 unspecified atom stereocenters. The van der Waals surface area contributed by atoms with Crippen molar-refractivity contribution in [2.24, 2.45) is 17.1 Å². The van der Waals surface area contributed by atoms with Gasteiger partial charge < -0.3 is 11.1 Å². The number of benzene rings is 1. The van der Waals surface area contributed by atoms with Gasteiger partial charge in [0.15, 0.2) is 0 Å². The number of halogens is 1. The third kappa shape index (κ3) is 2.65. The van der Waals surface area contributed by atoms with Gasteiger partial charge in [-0.05, 0) is 30.0 Å². The van der Waals surface area contributed by atoms with Gasteiger partial charge in [-0.2, -0.15) is 0 Å². The second-order valence-corrected chi connectivity index (χ2v) is 6.14. The van der Waals surface area contributed by atoms with E-state index < -0.39 is 0 Å². The van der Waals surface area contributed by atoms with Crippen LogP contribution in [0, 0.1) is 11.3 Å². The molecule has 0 radical (unpaired) electrons. The summed E-state index contributed by atoms with van der Waals surface area (Å²) in [5.41, 5.74) is 6.92. The highest BCUT2D eigenvalue weighted by Gasteiger charge is 2.50. The van der Waals surface area contributed by atoms with E-state index in [-0.39, 0.29) is 22.2 Å². The molecule has 1 aliphatic rings. The number of carbonyl (C=O) groups excluding carboxylic acids is 1. The zero-order valence-electron chi connectivity index (χ0n) is 10.3. The van der Waals surface area contributed by atoms with Crippen molar-refractivity contribution < 1.29 is 4.79 Å². The summed E-state index contributed by atoms with van der Waals surface area (Å²) in [6.07, 6.45) is 0.918. The highest BCUT2D eigenvalue weighted by atomic mass is 35.5. The SMILES string of the molecule is CC1(C)CC1C(=O)Nc1ccc(C(N)=S)cc1Cl. The smallest absolute Gasteiger partial charge is 0.228 e. The average molecular weight is 283 g/mol. The van der Waals surface area contributed by atoms with Crippen LogP contribution in [0.3, 0.4) is 0 Å². The fourth-order valence-corrected chi connectivity index (χ4v) is 2.26. The molecule has 18 heavy (non-hydrogen) atoms. The van der Waals surface area contributed by atoms with Crippen LogP contribution in [-0.4, -0.2) is 10.9 Å². The summed E-state index contributed by atoms with van der Waals surface area (Å²) in [5, 5.41) is 3.29. The molecule has 5 heteroatoms. The summed E-state index contributed by atoms with van der Waals surface area (Å²) in [7, 11) is 0. The number of carbonyl (C=O) groups is 1. The summed E-state index contributed by atoms with van der Waals surface area (Å²) < 4.78 is 0. The van der Waals surface area contributed by atoms with Gasteiger partial charge in [0, 0.05) is 11.5 Å². The lowest BCUT2D eigenvalue weighted by Crippen LogP contribution is -2.17. The lowest BCUT2D eigenvalue weighted by molar-refractivity contribution is -0.117. The summed E-state index contributed by atoms with van der Waals surface area (Å²) in [6, 6.07) is 5.14. The van der Waals surface area contributed by atoms with Gasteiger partial charge in [0.05, 0.1) is 10.7 Å². The van der Waals surface area contributed by atoms with E-state index in [1.54, 1.807) is 18.2 Å². The molecule has 1 aromatic carbocycles. The molecule has 1 fully saturated rings. The number of amides is 1. The lowest BCUT2D eigenvalue weighted by atomic mass is 10.1. The third-order valence-corrected chi connectivity index (χ3v) is 3.89. The van der Waals surface area contributed by atoms with Gasteiger partial charge >= 0.3 is 0 Å². The Bertz CT molecular complexity index is 528. The zero-order chi connectivity index (χ0) is 13.5. The number of rotatable bonds is 3. The van der Waals surface area contributed by atoms with Crippen molar-refractivity contribution in [2.75, 3.05) is 5.32 Å². The maximum Gasteiger partial charge on any atom is 0.228 e. The molecule has 0 saturated heterocycles. The second-order valence-electron chi connectivity index (χ2n) is 5.29. The summed E-state index contributed by atoms with van der Waals surface area (Å²) in [5.74, 6) is 0.0915. The van der Waals surface area contributed by atoms with Crippen LogP contribution >= 0.6 is 23.8 Å². The molecule has 3 N–H and O–H groups in total. The van der Waals surface area contributed by atoms with Gasteiger partial charge in [-0.25, -0.2) is 0 Å². The Hall–Kier alpha value is -1.13. The van der Waals surface area contributed by atoms with Gasteiger partial charge in [0.2, 0.25) is 5.91 Å². The Morgan fingerprint density at radius 1 is 1.56 bits per heavy atom. The average Bonchev–Trinajstić information content (AvgIpc) is 2.90. The Kier molecular flexibility index (Phi) is 3.34. The third-order valence-electron chi connectivity index (χ3n) is 3.34. The summed E-state index contributed by atoms with van der Waals surface area (Å²) in [6.45, 7) is 4.16. The molecule has 1 amide bonds. The Morgan fingerprint density at radius 3 is 2.61 bits per heavy atom. The van der Waals surface area contributed by atoms with Crippen LogP contribution in [0.4, 0.5) is 5.69 Å². The van der Waals surface area contributed by atoms with Crippen molar-refractivity contribution in [2.45, 2.75) is 20.3 Å². The highest BCUT2D eigenvalue weighted by molar-refractivity contribution is 7.80. The molecule has 0 aliphatic heterocycles. The molecule has 2 rings (SSSR count).